The lowest BCUT2D eigenvalue weighted by Gasteiger charge is -2.31. The van der Waals surface area contributed by atoms with Gasteiger partial charge in [-0.2, -0.15) is 0 Å². The first kappa shape index (κ1) is 17.5. The van der Waals surface area contributed by atoms with Crippen molar-refractivity contribution in [1.82, 2.24) is 9.97 Å². The molecule has 1 aromatic carbocycles. The Morgan fingerprint density at radius 1 is 0.926 bits per heavy atom. The molecular weight excluding hydrogens is 342 g/mol. The molecule has 1 saturated heterocycles. The van der Waals surface area contributed by atoms with Gasteiger partial charge in [-0.3, -0.25) is 14.6 Å². The number of amides is 2. The molecule has 0 spiro atoms. The molecule has 0 radical (unpaired) electrons. The number of benzene rings is 1. The first-order chi connectivity index (χ1) is 13.2. The zero-order valence-electron chi connectivity index (χ0n) is 15.1. The molecule has 2 amide bonds. The summed E-state index contributed by atoms with van der Waals surface area (Å²) in [4.78, 5) is 35.1. The van der Waals surface area contributed by atoms with Crippen LogP contribution in [0.3, 0.4) is 0 Å². The van der Waals surface area contributed by atoms with E-state index in [1.54, 1.807) is 18.6 Å². The topological polar surface area (TPSA) is 87.2 Å². The maximum absolute atomic E-state index is 12.6. The van der Waals surface area contributed by atoms with Gasteiger partial charge >= 0.3 is 0 Å². The number of anilines is 3. The summed E-state index contributed by atoms with van der Waals surface area (Å²) in [6.45, 7) is 1.57. The lowest BCUT2D eigenvalue weighted by Crippen LogP contribution is -2.38. The number of nitrogens with zero attached hydrogens (tertiary/aromatic N) is 3. The minimum absolute atomic E-state index is 0.0253. The SMILES string of the molecule is O=C(Nc1cccc(NC(=O)C2CCN(c3cnccn3)CC2)c1)C1CC1. The minimum Gasteiger partial charge on any atom is -0.355 e. The van der Waals surface area contributed by atoms with Gasteiger partial charge in [-0.25, -0.2) is 4.98 Å². The molecule has 0 unspecified atom stereocenters. The summed E-state index contributed by atoms with van der Waals surface area (Å²) in [6, 6.07) is 7.34. The van der Waals surface area contributed by atoms with Gasteiger partial charge in [-0.15, -0.1) is 0 Å². The van der Waals surface area contributed by atoms with Gasteiger partial charge in [0.05, 0.1) is 6.20 Å². The Hall–Kier alpha value is -2.96. The molecule has 2 aromatic rings. The molecule has 7 heteroatoms. The Kier molecular flexibility index (Phi) is 5.00. The van der Waals surface area contributed by atoms with Crippen LogP contribution in [0.5, 0.6) is 0 Å². The van der Waals surface area contributed by atoms with Crippen molar-refractivity contribution in [3.8, 4) is 0 Å². The largest absolute Gasteiger partial charge is 0.355 e. The molecular formula is C20H23N5O2. The highest BCUT2D eigenvalue weighted by atomic mass is 16.2. The summed E-state index contributed by atoms with van der Waals surface area (Å²) in [5.41, 5.74) is 1.44. The predicted octanol–water partition coefficient (Wildman–Crippen LogP) is 2.68. The highest BCUT2D eigenvalue weighted by molar-refractivity contribution is 5.96. The van der Waals surface area contributed by atoms with E-state index in [-0.39, 0.29) is 23.7 Å². The summed E-state index contributed by atoms with van der Waals surface area (Å²) >= 11 is 0. The van der Waals surface area contributed by atoms with Crippen molar-refractivity contribution in [2.24, 2.45) is 11.8 Å². The molecule has 2 heterocycles. The molecule has 1 aliphatic carbocycles. The van der Waals surface area contributed by atoms with Crippen LogP contribution in [-0.2, 0) is 9.59 Å². The molecule has 0 bridgehead atoms. The lowest BCUT2D eigenvalue weighted by molar-refractivity contribution is -0.120. The summed E-state index contributed by atoms with van der Waals surface area (Å²) in [6.07, 6.45) is 8.59. The van der Waals surface area contributed by atoms with Crippen LogP contribution in [0.25, 0.3) is 0 Å². The van der Waals surface area contributed by atoms with Crippen molar-refractivity contribution < 1.29 is 9.59 Å². The number of nitrogens with one attached hydrogen (secondary N) is 2. The predicted molar refractivity (Wildman–Crippen MR) is 103 cm³/mol. The van der Waals surface area contributed by atoms with Crippen LogP contribution in [0.2, 0.25) is 0 Å². The van der Waals surface area contributed by atoms with Crippen LogP contribution in [0.1, 0.15) is 25.7 Å². The van der Waals surface area contributed by atoms with E-state index in [4.69, 9.17) is 0 Å². The van der Waals surface area contributed by atoms with Crippen molar-refractivity contribution >= 4 is 29.0 Å². The summed E-state index contributed by atoms with van der Waals surface area (Å²) in [5, 5.41) is 5.90. The van der Waals surface area contributed by atoms with Crippen molar-refractivity contribution in [1.29, 1.82) is 0 Å². The summed E-state index contributed by atoms with van der Waals surface area (Å²) < 4.78 is 0. The van der Waals surface area contributed by atoms with Crippen molar-refractivity contribution in [2.45, 2.75) is 25.7 Å². The zero-order chi connectivity index (χ0) is 18.6. The van der Waals surface area contributed by atoms with Gasteiger partial charge in [0.15, 0.2) is 0 Å². The molecule has 4 rings (SSSR count). The summed E-state index contributed by atoms with van der Waals surface area (Å²) in [5.74, 6) is 1.08. The smallest absolute Gasteiger partial charge is 0.227 e. The Morgan fingerprint density at radius 3 is 2.11 bits per heavy atom. The van der Waals surface area contributed by atoms with E-state index in [1.807, 2.05) is 24.3 Å². The Morgan fingerprint density at radius 2 is 1.56 bits per heavy atom. The fraction of sp³-hybridized carbons (Fsp3) is 0.400. The van der Waals surface area contributed by atoms with Crippen LogP contribution in [0.15, 0.2) is 42.9 Å². The van der Waals surface area contributed by atoms with Crippen LogP contribution in [0, 0.1) is 11.8 Å². The zero-order valence-corrected chi connectivity index (χ0v) is 15.1. The highest BCUT2D eigenvalue weighted by Crippen LogP contribution is 2.30. The summed E-state index contributed by atoms with van der Waals surface area (Å²) in [7, 11) is 0. The lowest BCUT2D eigenvalue weighted by atomic mass is 9.96. The quantitative estimate of drug-likeness (QED) is 0.851. The number of carbonyl (C=O) groups is 2. The number of hydrogen-bond acceptors (Lipinski definition) is 5. The van der Waals surface area contributed by atoms with Crippen LogP contribution < -0.4 is 15.5 Å². The highest BCUT2D eigenvalue weighted by Gasteiger charge is 2.29. The molecule has 2 N–H and O–H groups in total. The second-order valence-corrected chi connectivity index (χ2v) is 7.16. The Labute approximate surface area is 158 Å². The van der Waals surface area contributed by atoms with Crippen molar-refractivity contribution in [2.75, 3.05) is 28.6 Å². The molecule has 140 valence electrons. The fourth-order valence-electron chi connectivity index (χ4n) is 3.33. The van der Waals surface area contributed by atoms with E-state index < -0.39 is 0 Å². The maximum Gasteiger partial charge on any atom is 0.227 e. The van der Waals surface area contributed by atoms with E-state index in [1.165, 1.54) is 0 Å². The van der Waals surface area contributed by atoms with Crippen LogP contribution in [-0.4, -0.2) is 34.9 Å². The number of carbonyl (C=O) groups excluding carboxylic acids is 2. The molecule has 1 aliphatic heterocycles. The van der Waals surface area contributed by atoms with E-state index in [0.29, 0.717) is 5.69 Å². The van der Waals surface area contributed by atoms with Crippen molar-refractivity contribution in [3.63, 3.8) is 0 Å². The monoisotopic (exact) mass is 365 g/mol. The number of aromatic nitrogens is 2. The number of hydrogen-bond donors (Lipinski definition) is 2. The van der Waals surface area contributed by atoms with E-state index in [9.17, 15) is 9.59 Å². The van der Waals surface area contributed by atoms with Gasteiger partial charge in [0.25, 0.3) is 0 Å². The first-order valence-corrected chi connectivity index (χ1v) is 9.42. The molecule has 7 nitrogen and oxygen atoms in total. The van der Waals surface area contributed by atoms with Gasteiger partial charge in [-0.1, -0.05) is 6.07 Å². The number of rotatable bonds is 5. The van der Waals surface area contributed by atoms with Gasteiger partial charge in [-0.05, 0) is 43.9 Å². The van der Waals surface area contributed by atoms with Gasteiger partial charge < -0.3 is 15.5 Å². The van der Waals surface area contributed by atoms with E-state index in [2.05, 4.69) is 25.5 Å². The fourth-order valence-corrected chi connectivity index (χ4v) is 3.33. The average Bonchev–Trinajstić information content (AvgIpc) is 3.54. The third kappa shape index (κ3) is 4.42. The third-order valence-electron chi connectivity index (χ3n) is 5.09. The Balaban J connectivity index is 1.31. The van der Waals surface area contributed by atoms with Gasteiger partial charge in [0.1, 0.15) is 5.82 Å². The molecule has 1 aromatic heterocycles. The first-order valence-electron chi connectivity index (χ1n) is 9.42. The normalized spacial score (nSPS) is 17.4. The van der Waals surface area contributed by atoms with Gasteiger partial charge in [0, 0.05) is 48.7 Å². The number of piperidine rings is 1. The average molecular weight is 365 g/mol. The van der Waals surface area contributed by atoms with E-state index in [0.717, 1.165) is 50.3 Å². The molecule has 1 saturated carbocycles. The minimum atomic E-state index is -0.0253. The molecule has 27 heavy (non-hydrogen) atoms. The molecule has 0 atom stereocenters. The van der Waals surface area contributed by atoms with Crippen LogP contribution in [0.4, 0.5) is 17.2 Å². The third-order valence-corrected chi connectivity index (χ3v) is 5.09. The van der Waals surface area contributed by atoms with Crippen LogP contribution >= 0.6 is 0 Å². The van der Waals surface area contributed by atoms with E-state index >= 15 is 0 Å². The second kappa shape index (κ2) is 7.73. The molecule has 2 aliphatic rings. The standard InChI is InChI=1S/C20H23N5O2/c26-19(14-4-5-14)23-16-2-1-3-17(12-16)24-20(27)15-6-10-25(11-7-15)18-13-21-8-9-22-18/h1-3,8-9,12-15H,4-7,10-11H2,(H,23,26)(H,24,27). The second-order valence-electron chi connectivity index (χ2n) is 7.16. The molecule has 2 fully saturated rings. The Bertz CT molecular complexity index is 814. The van der Waals surface area contributed by atoms with Crippen molar-refractivity contribution in [3.05, 3.63) is 42.9 Å². The van der Waals surface area contributed by atoms with Gasteiger partial charge in [0.2, 0.25) is 11.8 Å². The maximum atomic E-state index is 12.6.